The quantitative estimate of drug-likeness (QED) is 0.869. The molecule has 0 saturated carbocycles. The minimum Gasteiger partial charge on any atom is -0.380 e. The lowest BCUT2D eigenvalue weighted by Crippen LogP contribution is -2.15. The molecule has 2 rings (SSSR count). The van der Waals surface area contributed by atoms with Gasteiger partial charge in [-0.2, -0.15) is 0 Å². The van der Waals surface area contributed by atoms with Crippen LogP contribution in [0.3, 0.4) is 0 Å². The molecule has 0 bridgehead atoms. The molecule has 0 unspecified atom stereocenters. The Morgan fingerprint density at radius 3 is 2.95 bits per heavy atom. The average Bonchev–Trinajstić information content (AvgIpc) is 2.48. The summed E-state index contributed by atoms with van der Waals surface area (Å²) in [5, 5.41) is 5.63. The highest BCUT2D eigenvalue weighted by molar-refractivity contribution is 6.02. The highest BCUT2D eigenvalue weighted by Gasteiger charge is 2.09. The number of hydrogen-bond acceptors (Lipinski definition) is 5. The monoisotopic (exact) mass is 272 g/mol. The fourth-order valence-electron chi connectivity index (χ4n) is 1.70. The van der Waals surface area contributed by atoms with Crippen LogP contribution in [0.2, 0.25) is 0 Å². The van der Waals surface area contributed by atoms with Crippen molar-refractivity contribution in [1.82, 2.24) is 9.97 Å². The molecule has 0 atom stereocenters. The van der Waals surface area contributed by atoms with Crippen LogP contribution in [0.15, 0.2) is 36.7 Å². The number of nitrogens with one attached hydrogen (secondary N) is 2. The summed E-state index contributed by atoms with van der Waals surface area (Å²) in [5.74, 6) is 0.245. The third kappa shape index (κ3) is 3.52. The summed E-state index contributed by atoms with van der Waals surface area (Å²) in [5.41, 5.74) is 1.94. The summed E-state index contributed by atoms with van der Waals surface area (Å²) in [6.45, 7) is 0.499. The van der Waals surface area contributed by atoms with E-state index in [-0.39, 0.29) is 11.6 Å². The summed E-state index contributed by atoms with van der Waals surface area (Å²) >= 11 is 0. The molecule has 6 nitrogen and oxygen atoms in total. The lowest BCUT2D eigenvalue weighted by Gasteiger charge is -2.07. The van der Waals surface area contributed by atoms with E-state index in [1.54, 1.807) is 20.4 Å². The first-order valence-corrected chi connectivity index (χ1v) is 6.12. The van der Waals surface area contributed by atoms with E-state index in [1.807, 2.05) is 24.3 Å². The number of aromatic nitrogens is 2. The van der Waals surface area contributed by atoms with Gasteiger partial charge in [0, 0.05) is 19.8 Å². The highest BCUT2D eigenvalue weighted by atomic mass is 16.5. The first kappa shape index (κ1) is 14.0. The predicted octanol–water partition coefficient (Wildman–Crippen LogP) is 1.92. The summed E-state index contributed by atoms with van der Waals surface area (Å²) in [7, 11) is 3.35. The van der Waals surface area contributed by atoms with Gasteiger partial charge in [0.05, 0.1) is 19.0 Å². The number of carbonyl (C=O) groups excluding carboxylic acids is 1. The minimum absolute atomic E-state index is 0.258. The van der Waals surface area contributed by atoms with E-state index < -0.39 is 0 Å². The summed E-state index contributed by atoms with van der Waals surface area (Å²) < 4.78 is 5.06. The molecule has 0 aliphatic heterocycles. The molecule has 0 spiro atoms. The Kier molecular flexibility index (Phi) is 4.62. The van der Waals surface area contributed by atoms with E-state index in [2.05, 4.69) is 20.6 Å². The lowest BCUT2D eigenvalue weighted by atomic mass is 10.2. The maximum absolute atomic E-state index is 12.1. The van der Waals surface area contributed by atoms with Gasteiger partial charge >= 0.3 is 0 Å². The molecule has 0 aliphatic rings. The van der Waals surface area contributed by atoms with Crippen molar-refractivity contribution in [1.29, 1.82) is 0 Å². The van der Waals surface area contributed by atoms with Crippen molar-refractivity contribution in [2.45, 2.75) is 6.61 Å². The lowest BCUT2D eigenvalue weighted by molar-refractivity contribution is 0.102. The number of ether oxygens (including phenoxy) is 1. The van der Waals surface area contributed by atoms with Gasteiger partial charge in [-0.15, -0.1) is 0 Å². The van der Waals surface area contributed by atoms with Gasteiger partial charge in [0.1, 0.15) is 11.5 Å². The summed E-state index contributed by atoms with van der Waals surface area (Å²) in [6, 6.07) is 7.46. The number of amides is 1. The molecule has 1 heterocycles. The van der Waals surface area contributed by atoms with E-state index in [0.717, 1.165) is 5.56 Å². The molecular weight excluding hydrogens is 256 g/mol. The Morgan fingerprint density at radius 1 is 1.35 bits per heavy atom. The van der Waals surface area contributed by atoms with Crippen LogP contribution in [0.25, 0.3) is 0 Å². The number of anilines is 2. The van der Waals surface area contributed by atoms with Gasteiger partial charge in [-0.1, -0.05) is 12.1 Å². The zero-order valence-electron chi connectivity index (χ0n) is 11.4. The van der Waals surface area contributed by atoms with Crippen LogP contribution < -0.4 is 10.6 Å². The van der Waals surface area contributed by atoms with Crippen LogP contribution in [0.1, 0.15) is 16.1 Å². The van der Waals surface area contributed by atoms with Crippen molar-refractivity contribution in [3.63, 3.8) is 0 Å². The van der Waals surface area contributed by atoms with Crippen LogP contribution in [0.4, 0.5) is 11.5 Å². The maximum Gasteiger partial charge on any atom is 0.275 e. The number of methoxy groups -OCH3 is 1. The van der Waals surface area contributed by atoms with Crippen LogP contribution in [-0.2, 0) is 11.3 Å². The van der Waals surface area contributed by atoms with Gasteiger partial charge in [0.2, 0.25) is 0 Å². The molecule has 0 fully saturated rings. The van der Waals surface area contributed by atoms with Crippen molar-refractivity contribution >= 4 is 17.4 Å². The van der Waals surface area contributed by atoms with Crippen molar-refractivity contribution in [2.75, 3.05) is 24.8 Å². The van der Waals surface area contributed by atoms with Gasteiger partial charge in [0.25, 0.3) is 5.91 Å². The van der Waals surface area contributed by atoms with E-state index >= 15 is 0 Å². The van der Waals surface area contributed by atoms with E-state index in [1.165, 1.54) is 6.20 Å². The van der Waals surface area contributed by atoms with Crippen LogP contribution in [0, 0.1) is 0 Å². The van der Waals surface area contributed by atoms with Crippen molar-refractivity contribution in [3.8, 4) is 0 Å². The number of benzene rings is 1. The molecule has 0 aliphatic carbocycles. The topological polar surface area (TPSA) is 76.1 Å². The van der Waals surface area contributed by atoms with Crippen molar-refractivity contribution < 1.29 is 9.53 Å². The largest absolute Gasteiger partial charge is 0.380 e. The second kappa shape index (κ2) is 6.63. The Labute approximate surface area is 117 Å². The van der Waals surface area contributed by atoms with Crippen LogP contribution >= 0.6 is 0 Å². The number of rotatable bonds is 5. The summed E-state index contributed by atoms with van der Waals surface area (Å²) in [4.78, 5) is 20.2. The number of carbonyl (C=O) groups is 1. The standard InChI is InChI=1S/C14H16N4O2/c1-15-13-8-16-7-12(18-13)14(19)17-11-5-3-4-10(6-11)9-20-2/h3-8H,9H2,1-2H3,(H,15,18)(H,17,19). The Morgan fingerprint density at radius 2 is 2.20 bits per heavy atom. The minimum atomic E-state index is -0.302. The molecule has 6 heteroatoms. The van der Waals surface area contributed by atoms with E-state index in [9.17, 15) is 4.79 Å². The Balaban J connectivity index is 2.12. The molecule has 2 N–H and O–H groups in total. The van der Waals surface area contributed by atoms with Gasteiger partial charge in [0.15, 0.2) is 0 Å². The highest BCUT2D eigenvalue weighted by Crippen LogP contribution is 2.12. The zero-order chi connectivity index (χ0) is 14.4. The molecule has 1 aromatic carbocycles. The van der Waals surface area contributed by atoms with Gasteiger partial charge in [-0.25, -0.2) is 4.98 Å². The second-order valence-corrected chi connectivity index (χ2v) is 4.13. The average molecular weight is 272 g/mol. The molecule has 2 aromatic rings. The van der Waals surface area contributed by atoms with Crippen molar-refractivity contribution in [2.24, 2.45) is 0 Å². The first-order chi connectivity index (χ1) is 9.72. The first-order valence-electron chi connectivity index (χ1n) is 6.12. The normalized spacial score (nSPS) is 10.1. The third-order valence-corrected chi connectivity index (χ3v) is 2.62. The van der Waals surface area contributed by atoms with E-state index in [4.69, 9.17) is 4.74 Å². The smallest absolute Gasteiger partial charge is 0.275 e. The fraction of sp³-hybridized carbons (Fsp3) is 0.214. The number of nitrogens with zero attached hydrogens (tertiary/aromatic N) is 2. The fourth-order valence-corrected chi connectivity index (χ4v) is 1.70. The second-order valence-electron chi connectivity index (χ2n) is 4.13. The molecule has 104 valence electrons. The van der Waals surface area contributed by atoms with E-state index in [0.29, 0.717) is 18.1 Å². The van der Waals surface area contributed by atoms with Crippen molar-refractivity contribution in [3.05, 3.63) is 47.9 Å². The molecule has 20 heavy (non-hydrogen) atoms. The molecule has 1 aromatic heterocycles. The number of hydrogen-bond donors (Lipinski definition) is 2. The van der Waals surface area contributed by atoms with Gasteiger partial charge < -0.3 is 15.4 Å². The molecule has 0 radical (unpaired) electrons. The van der Waals surface area contributed by atoms with Crippen LogP contribution in [0.5, 0.6) is 0 Å². The predicted molar refractivity (Wildman–Crippen MR) is 76.7 cm³/mol. The van der Waals surface area contributed by atoms with Crippen LogP contribution in [-0.4, -0.2) is 30.0 Å². The third-order valence-electron chi connectivity index (χ3n) is 2.62. The zero-order valence-corrected chi connectivity index (χ0v) is 11.4. The molecule has 1 amide bonds. The molecule has 0 saturated heterocycles. The Hall–Kier alpha value is -2.47. The van der Waals surface area contributed by atoms with Gasteiger partial charge in [-0.05, 0) is 17.7 Å². The SMILES string of the molecule is CNc1cncc(C(=O)Nc2cccc(COC)c2)n1. The maximum atomic E-state index is 12.1. The summed E-state index contributed by atoms with van der Waals surface area (Å²) in [6.07, 6.45) is 2.98. The molecular formula is C14H16N4O2. The Bertz CT molecular complexity index is 601. The van der Waals surface area contributed by atoms with Gasteiger partial charge in [-0.3, -0.25) is 9.78 Å².